The fraction of sp³-hybridized carbons (Fsp3) is 0.444. The summed E-state index contributed by atoms with van der Waals surface area (Å²) in [6.07, 6.45) is -7.21. The third kappa shape index (κ3) is 5.40. The number of alkyl halides is 12. The van der Waals surface area contributed by atoms with E-state index in [0.29, 0.717) is 12.4 Å². The van der Waals surface area contributed by atoms with Crippen molar-refractivity contribution in [1.82, 2.24) is 20.3 Å². The van der Waals surface area contributed by atoms with E-state index in [2.05, 4.69) is 30.9 Å². The first-order valence-corrected chi connectivity index (χ1v) is 10.1. The van der Waals surface area contributed by atoms with Crippen molar-refractivity contribution in [1.29, 1.82) is 0 Å². The van der Waals surface area contributed by atoms with Gasteiger partial charge in [0.25, 0.3) is 5.91 Å². The van der Waals surface area contributed by atoms with E-state index in [4.69, 9.17) is 0 Å². The van der Waals surface area contributed by atoms with Crippen molar-refractivity contribution in [2.45, 2.75) is 49.1 Å². The summed E-state index contributed by atoms with van der Waals surface area (Å²) in [6, 6.07) is 1.96. The van der Waals surface area contributed by atoms with E-state index < -0.39 is 59.5 Å². The molecule has 0 aliphatic heterocycles. The highest BCUT2D eigenvalue weighted by molar-refractivity contribution is 9.10. The third-order valence-electron chi connectivity index (χ3n) is 4.59. The van der Waals surface area contributed by atoms with Gasteiger partial charge >= 0.3 is 36.0 Å². The Morgan fingerprint density at radius 2 is 1.32 bits per heavy atom. The number of hydrogen-bond acceptors (Lipinski definition) is 5. The molecule has 19 heteroatoms. The van der Waals surface area contributed by atoms with Crippen LogP contribution >= 0.6 is 15.9 Å². The number of aromatic nitrogens is 3. The van der Waals surface area contributed by atoms with Crippen LogP contribution in [-0.2, 0) is 0 Å². The number of nitrogens with one attached hydrogen (secondary N) is 2. The number of hydrogen-bond donors (Lipinski definition) is 2. The lowest BCUT2D eigenvalue weighted by atomic mass is 9.93. The van der Waals surface area contributed by atoms with Gasteiger partial charge in [0.05, 0.1) is 18.1 Å². The maximum Gasteiger partial charge on any atom is 0.384 e. The second kappa shape index (κ2) is 10.1. The number of carbonyl (C=O) groups is 1. The van der Waals surface area contributed by atoms with Crippen molar-refractivity contribution >= 4 is 27.5 Å². The lowest BCUT2D eigenvalue weighted by molar-refractivity contribution is -0.414. The standard InChI is InChI=1S/C18H12BrF12N5O/c1-7-32-5-9(6-33-7)35-13(36-11(37)10-3-2-8(19)4-34-10)15(24,25)17(28,29)18(30,31)16(26,27)14(22,23)12(20)21/h2-6,12-13,35H,1H3,(H,36,37). The minimum Gasteiger partial charge on any atom is -0.358 e. The van der Waals surface area contributed by atoms with Gasteiger partial charge < -0.3 is 10.6 Å². The van der Waals surface area contributed by atoms with Gasteiger partial charge in [0.15, 0.2) is 6.17 Å². The third-order valence-corrected chi connectivity index (χ3v) is 5.06. The molecule has 0 saturated heterocycles. The first kappa shape index (κ1) is 30.4. The topological polar surface area (TPSA) is 79.8 Å². The average molecular weight is 622 g/mol. The molecule has 206 valence electrons. The predicted octanol–water partition coefficient (Wildman–Crippen LogP) is 5.55. The smallest absolute Gasteiger partial charge is 0.358 e. The van der Waals surface area contributed by atoms with Gasteiger partial charge in [-0.15, -0.1) is 0 Å². The van der Waals surface area contributed by atoms with Crippen molar-refractivity contribution in [3.05, 3.63) is 46.7 Å². The Morgan fingerprint density at radius 1 is 0.811 bits per heavy atom. The lowest BCUT2D eigenvalue weighted by Gasteiger charge is -2.41. The molecule has 2 N–H and O–H groups in total. The van der Waals surface area contributed by atoms with Crippen LogP contribution in [0.25, 0.3) is 0 Å². The van der Waals surface area contributed by atoms with Crippen LogP contribution in [0.15, 0.2) is 35.2 Å². The monoisotopic (exact) mass is 621 g/mol. The van der Waals surface area contributed by atoms with Crippen LogP contribution < -0.4 is 10.6 Å². The molecular formula is C18H12BrF12N5O. The summed E-state index contributed by atoms with van der Waals surface area (Å²) < 4.78 is 165. The Kier molecular flexibility index (Phi) is 8.31. The molecule has 1 unspecified atom stereocenters. The predicted molar refractivity (Wildman–Crippen MR) is 104 cm³/mol. The molecule has 0 aliphatic carbocycles. The van der Waals surface area contributed by atoms with Gasteiger partial charge in [-0.2, -0.15) is 43.9 Å². The highest BCUT2D eigenvalue weighted by atomic mass is 79.9. The lowest BCUT2D eigenvalue weighted by Crippen LogP contribution is -2.72. The van der Waals surface area contributed by atoms with Gasteiger partial charge in [0.1, 0.15) is 11.5 Å². The number of anilines is 1. The number of carbonyl (C=O) groups excluding carboxylic acids is 1. The molecule has 0 aliphatic rings. The van der Waals surface area contributed by atoms with Gasteiger partial charge in [-0.1, -0.05) is 0 Å². The van der Waals surface area contributed by atoms with Crippen LogP contribution in [0.1, 0.15) is 16.3 Å². The van der Waals surface area contributed by atoms with Crippen LogP contribution in [0.3, 0.4) is 0 Å². The molecule has 1 amide bonds. The fourth-order valence-electron chi connectivity index (χ4n) is 2.50. The molecule has 0 radical (unpaired) electrons. The quantitative estimate of drug-likeness (QED) is 0.269. The van der Waals surface area contributed by atoms with E-state index in [1.165, 1.54) is 12.2 Å². The Hall–Kier alpha value is -2.86. The van der Waals surface area contributed by atoms with Crippen molar-refractivity contribution < 1.29 is 57.5 Å². The minimum atomic E-state index is -7.78. The Balaban J connectivity index is 2.58. The zero-order valence-corrected chi connectivity index (χ0v) is 19.3. The van der Waals surface area contributed by atoms with Crippen LogP contribution in [0.5, 0.6) is 0 Å². The number of pyridine rings is 1. The van der Waals surface area contributed by atoms with E-state index in [1.54, 1.807) is 0 Å². The van der Waals surface area contributed by atoms with E-state index in [9.17, 15) is 57.5 Å². The van der Waals surface area contributed by atoms with Crippen LogP contribution in [-0.4, -0.2) is 63.1 Å². The second-order valence-electron chi connectivity index (χ2n) is 7.20. The summed E-state index contributed by atoms with van der Waals surface area (Å²) in [5.74, 6) is -38.4. The van der Waals surface area contributed by atoms with E-state index in [0.717, 1.165) is 23.6 Å². The van der Waals surface area contributed by atoms with Crippen molar-refractivity contribution in [2.75, 3.05) is 5.32 Å². The Labute approximate surface area is 207 Å². The molecule has 37 heavy (non-hydrogen) atoms. The number of nitrogens with zero attached hydrogens (tertiary/aromatic N) is 3. The van der Waals surface area contributed by atoms with Gasteiger partial charge in [-0.3, -0.25) is 4.79 Å². The summed E-state index contributed by atoms with van der Waals surface area (Å²) in [4.78, 5) is 22.7. The molecule has 0 spiro atoms. The fourth-order valence-corrected chi connectivity index (χ4v) is 2.73. The van der Waals surface area contributed by atoms with E-state index >= 15 is 0 Å². The molecule has 2 heterocycles. The highest BCUT2D eigenvalue weighted by Gasteiger charge is 2.88. The summed E-state index contributed by atoms with van der Waals surface area (Å²) in [5.41, 5.74) is -1.53. The number of aryl methyl sites for hydroxylation is 1. The zero-order chi connectivity index (χ0) is 28.6. The molecular weight excluding hydrogens is 610 g/mol. The summed E-state index contributed by atoms with van der Waals surface area (Å²) in [5, 5.41) is 2.53. The molecule has 0 bridgehead atoms. The Bertz CT molecular complexity index is 1100. The first-order valence-electron chi connectivity index (χ1n) is 9.35. The number of halogens is 13. The average Bonchev–Trinajstić information content (AvgIpc) is 2.79. The van der Waals surface area contributed by atoms with Crippen LogP contribution in [0.4, 0.5) is 58.4 Å². The molecule has 0 aromatic carbocycles. The largest absolute Gasteiger partial charge is 0.384 e. The molecule has 0 fully saturated rings. The van der Waals surface area contributed by atoms with Crippen LogP contribution in [0, 0.1) is 6.92 Å². The Morgan fingerprint density at radius 3 is 1.78 bits per heavy atom. The van der Waals surface area contributed by atoms with E-state index in [-0.39, 0.29) is 10.3 Å². The highest BCUT2D eigenvalue weighted by Crippen LogP contribution is 2.58. The maximum atomic E-state index is 14.8. The van der Waals surface area contributed by atoms with Crippen LogP contribution in [0.2, 0.25) is 0 Å². The van der Waals surface area contributed by atoms with Gasteiger partial charge in [0, 0.05) is 10.7 Å². The van der Waals surface area contributed by atoms with Gasteiger partial charge in [-0.05, 0) is 35.0 Å². The number of rotatable bonds is 10. The number of amides is 1. The maximum absolute atomic E-state index is 14.8. The van der Waals surface area contributed by atoms with Gasteiger partial charge in [0.2, 0.25) is 0 Å². The zero-order valence-electron chi connectivity index (χ0n) is 17.7. The van der Waals surface area contributed by atoms with Crippen molar-refractivity contribution in [3.8, 4) is 0 Å². The summed E-state index contributed by atoms with van der Waals surface area (Å²) in [7, 11) is 0. The van der Waals surface area contributed by atoms with Crippen molar-refractivity contribution in [3.63, 3.8) is 0 Å². The SMILES string of the molecule is Cc1ncc(NC(NC(=O)c2ccc(Br)cn2)C(F)(F)C(F)(F)C(F)(F)C(F)(F)C(F)(F)C(F)F)cn1. The first-order chi connectivity index (χ1) is 16.7. The molecule has 2 rings (SSSR count). The van der Waals surface area contributed by atoms with E-state index in [1.807, 2.05) is 0 Å². The molecule has 0 saturated carbocycles. The molecule has 2 aromatic rings. The molecule has 2 aromatic heterocycles. The molecule has 1 atom stereocenters. The van der Waals surface area contributed by atoms with Gasteiger partial charge in [-0.25, -0.2) is 23.7 Å². The second-order valence-corrected chi connectivity index (χ2v) is 8.12. The summed E-state index contributed by atoms with van der Waals surface area (Å²) in [6.45, 7) is 1.27. The molecule has 6 nitrogen and oxygen atoms in total. The minimum absolute atomic E-state index is 0.0114. The normalized spacial score (nSPS) is 14.5. The van der Waals surface area contributed by atoms with Crippen molar-refractivity contribution in [2.24, 2.45) is 0 Å². The summed E-state index contributed by atoms with van der Waals surface area (Å²) >= 11 is 2.91.